The highest BCUT2D eigenvalue weighted by Crippen LogP contribution is 2.28. The maximum absolute atomic E-state index is 12.7. The van der Waals surface area contributed by atoms with Crippen LogP contribution in [-0.2, 0) is 0 Å². The molecule has 3 amide bonds. The standard InChI is InChI=1S/C17H16Cl2N4O3/c1-26-14-6-5-11(18)10-13(14)21-17(25)23-9-3-8-22(23)16(24)12-4-2-7-20-15(12)19/h2,4-7,10H,3,8-9H2,1H3,(H,21,25). The minimum atomic E-state index is -0.462. The molecule has 1 aromatic carbocycles. The summed E-state index contributed by atoms with van der Waals surface area (Å²) in [5, 5.41) is 5.98. The molecule has 1 aromatic heterocycles. The van der Waals surface area contributed by atoms with Gasteiger partial charge in [0, 0.05) is 24.3 Å². The van der Waals surface area contributed by atoms with Crippen LogP contribution in [0.15, 0.2) is 36.5 Å². The number of amides is 3. The predicted octanol–water partition coefficient (Wildman–Crippen LogP) is 3.69. The fraction of sp³-hybridized carbons (Fsp3) is 0.235. The van der Waals surface area contributed by atoms with Gasteiger partial charge in [-0.1, -0.05) is 23.2 Å². The van der Waals surface area contributed by atoms with Crippen molar-refractivity contribution >= 4 is 40.8 Å². The lowest BCUT2D eigenvalue weighted by Crippen LogP contribution is -2.46. The number of carbonyl (C=O) groups excluding carboxylic acids is 2. The maximum atomic E-state index is 12.7. The molecule has 1 fully saturated rings. The van der Waals surface area contributed by atoms with Crippen molar-refractivity contribution in [3.63, 3.8) is 0 Å². The molecule has 9 heteroatoms. The van der Waals surface area contributed by atoms with E-state index in [0.717, 1.165) is 0 Å². The van der Waals surface area contributed by atoms with Crippen LogP contribution in [0.3, 0.4) is 0 Å². The molecule has 0 atom stereocenters. The lowest BCUT2D eigenvalue weighted by Gasteiger charge is -2.28. The smallest absolute Gasteiger partial charge is 0.340 e. The van der Waals surface area contributed by atoms with Gasteiger partial charge in [0.1, 0.15) is 10.9 Å². The summed E-state index contributed by atoms with van der Waals surface area (Å²) in [5.74, 6) is 0.0870. The van der Waals surface area contributed by atoms with Crippen LogP contribution in [0, 0.1) is 0 Å². The van der Waals surface area contributed by atoms with Gasteiger partial charge in [-0.15, -0.1) is 0 Å². The van der Waals surface area contributed by atoms with E-state index in [4.69, 9.17) is 27.9 Å². The molecule has 1 aliphatic heterocycles. The molecule has 0 radical (unpaired) electrons. The fourth-order valence-corrected chi connectivity index (χ4v) is 3.05. The molecule has 2 aromatic rings. The van der Waals surface area contributed by atoms with Crippen LogP contribution in [0.1, 0.15) is 16.8 Å². The summed E-state index contributed by atoms with van der Waals surface area (Å²) in [7, 11) is 1.50. The molecule has 0 saturated carbocycles. The minimum absolute atomic E-state index is 0.0984. The molecule has 136 valence electrons. The normalized spacial score (nSPS) is 13.7. The largest absolute Gasteiger partial charge is 0.495 e. The van der Waals surface area contributed by atoms with Crippen molar-refractivity contribution in [2.45, 2.75) is 6.42 Å². The van der Waals surface area contributed by atoms with Gasteiger partial charge < -0.3 is 10.1 Å². The van der Waals surface area contributed by atoms with Crippen molar-refractivity contribution in [3.8, 4) is 5.75 Å². The third-order valence-electron chi connectivity index (χ3n) is 3.89. The second-order valence-corrected chi connectivity index (χ2v) is 6.32. The highest BCUT2D eigenvalue weighted by Gasteiger charge is 2.32. The molecule has 0 aliphatic carbocycles. The lowest BCUT2D eigenvalue weighted by atomic mass is 10.2. The van der Waals surface area contributed by atoms with E-state index in [-0.39, 0.29) is 16.6 Å². The third kappa shape index (κ3) is 3.68. The van der Waals surface area contributed by atoms with Crippen LogP contribution in [0.4, 0.5) is 10.5 Å². The van der Waals surface area contributed by atoms with Crippen molar-refractivity contribution in [3.05, 3.63) is 52.3 Å². The van der Waals surface area contributed by atoms with Crippen LogP contribution in [-0.4, -0.2) is 47.1 Å². The molecule has 2 heterocycles. The van der Waals surface area contributed by atoms with Crippen molar-refractivity contribution in [2.75, 3.05) is 25.5 Å². The third-order valence-corrected chi connectivity index (χ3v) is 4.43. The van der Waals surface area contributed by atoms with Crippen molar-refractivity contribution in [1.29, 1.82) is 0 Å². The number of nitrogens with zero attached hydrogens (tertiary/aromatic N) is 3. The van der Waals surface area contributed by atoms with Gasteiger partial charge in [0.05, 0.1) is 18.4 Å². The number of carbonyl (C=O) groups is 2. The summed E-state index contributed by atoms with van der Waals surface area (Å²) in [4.78, 5) is 29.4. The zero-order valence-electron chi connectivity index (χ0n) is 13.9. The second kappa shape index (κ2) is 7.80. The van der Waals surface area contributed by atoms with E-state index in [1.165, 1.54) is 23.3 Å². The van der Waals surface area contributed by atoms with Crippen LogP contribution < -0.4 is 10.1 Å². The number of rotatable bonds is 3. The molecule has 0 spiro atoms. The monoisotopic (exact) mass is 394 g/mol. The van der Waals surface area contributed by atoms with Gasteiger partial charge >= 0.3 is 6.03 Å². The summed E-state index contributed by atoms with van der Waals surface area (Å²) < 4.78 is 5.23. The van der Waals surface area contributed by atoms with Crippen molar-refractivity contribution < 1.29 is 14.3 Å². The van der Waals surface area contributed by atoms with Gasteiger partial charge in [-0.25, -0.2) is 19.8 Å². The Balaban J connectivity index is 1.80. The number of urea groups is 1. The Morgan fingerprint density at radius 2 is 1.96 bits per heavy atom. The fourth-order valence-electron chi connectivity index (χ4n) is 2.68. The van der Waals surface area contributed by atoms with Gasteiger partial charge in [0.25, 0.3) is 5.91 Å². The van der Waals surface area contributed by atoms with Crippen LogP contribution in [0.5, 0.6) is 5.75 Å². The highest BCUT2D eigenvalue weighted by molar-refractivity contribution is 6.32. The summed E-state index contributed by atoms with van der Waals surface area (Å²) in [6, 6.07) is 7.63. The van der Waals surface area contributed by atoms with E-state index in [1.54, 1.807) is 30.3 Å². The number of halogens is 2. The summed E-state index contributed by atoms with van der Waals surface area (Å²) in [6.45, 7) is 0.808. The second-order valence-electron chi connectivity index (χ2n) is 5.52. The first-order valence-corrected chi connectivity index (χ1v) is 8.61. The average Bonchev–Trinajstić information content (AvgIpc) is 3.11. The Hall–Kier alpha value is -2.51. The first kappa shape index (κ1) is 18.3. The SMILES string of the molecule is COc1ccc(Cl)cc1NC(=O)N1CCCN1C(=O)c1cccnc1Cl. The maximum Gasteiger partial charge on any atom is 0.340 e. The number of methoxy groups -OCH3 is 1. The molecule has 1 saturated heterocycles. The number of hydrogen-bond acceptors (Lipinski definition) is 4. The topological polar surface area (TPSA) is 74.8 Å². The number of hydrazine groups is 1. The Morgan fingerprint density at radius 1 is 1.19 bits per heavy atom. The van der Waals surface area contributed by atoms with Gasteiger partial charge in [0.2, 0.25) is 0 Å². The van der Waals surface area contributed by atoms with E-state index in [0.29, 0.717) is 36.0 Å². The minimum Gasteiger partial charge on any atom is -0.495 e. The van der Waals surface area contributed by atoms with E-state index >= 15 is 0 Å². The van der Waals surface area contributed by atoms with Crippen LogP contribution >= 0.6 is 23.2 Å². The Morgan fingerprint density at radius 3 is 2.69 bits per heavy atom. The molecule has 1 aliphatic rings. The number of benzene rings is 1. The quantitative estimate of drug-likeness (QED) is 0.805. The molecular formula is C17H16Cl2N4O3. The Kier molecular flexibility index (Phi) is 5.49. The molecule has 26 heavy (non-hydrogen) atoms. The summed E-state index contributed by atoms with van der Waals surface area (Å²) in [5.41, 5.74) is 0.665. The van der Waals surface area contributed by atoms with Crippen molar-refractivity contribution in [1.82, 2.24) is 15.0 Å². The zero-order chi connectivity index (χ0) is 18.7. The number of hydrogen-bond donors (Lipinski definition) is 1. The van der Waals surface area contributed by atoms with Crippen LogP contribution in [0.2, 0.25) is 10.2 Å². The number of anilines is 1. The van der Waals surface area contributed by atoms with Gasteiger partial charge in [-0.3, -0.25) is 4.79 Å². The number of pyridine rings is 1. The molecular weight excluding hydrogens is 379 g/mol. The number of aromatic nitrogens is 1. The van der Waals surface area contributed by atoms with E-state index in [9.17, 15) is 9.59 Å². The average molecular weight is 395 g/mol. The summed E-state index contributed by atoms with van der Waals surface area (Å²) >= 11 is 12.0. The molecule has 0 bridgehead atoms. The van der Waals surface area contributed by atoms with E-state index < -0.39 is 6.03 Å². The zero-order valence-corrected chi connectivity index (χ0v) is 15.4. The molecule has 7 nitrogen and oxygen atoms in total. The predicted molar refractivity (Wildman–Crippen MR) is 98.6 cm³/mol. The lowest BCUT2D eigenvalue weighted by molar-refractivity contribution is 0.0404. The first-order chi connectivity index (χ1) is 12.5. The van der Waals surface area contributed by atoms with Crippen molar-refractivity contribution in [2.24, 2.45) is 0 Å². The molecule has 3 rings (SSSR count). The number of nitrogens with one attached hydrogen (secondary N) is 1. The first-order valence-electron chi connectivity index (χ1n) is 7.85. The summed E-state index contributed by atoms with van der Waals surface area (Å²) in [6.07, 6.45) is 2.16. The van der Waals surface area contributed by atoms with Gasteiger partial charge in [0.15, 0.2) is 0 Å². The van der Waals surface area contributed by atoms with E-state index in [2.05, 4.69) is 10.3 Å². The highest BCUT2D eigenvalue weighted by atomic mass is 35.5. The Bertz CT molecular complexity index is 847. The van der Waals surface area contributed by atoms with E-state index in [1.807, 2.05) is 0 Å². The Labute approximate surface area is 160 Å². The number of ether oxygens (including phenoxy) is 1. The van der Waals surface area contributed by atoms with Gasteiger partial charge in [-0.05, 0) is 36.8 Å². The van der Waals surface area contributed by atoms with Crippen LogP contribution in [0.25, 0.3) is 0 Å². The van der Waals surface area contributed by atoms with Gasteiger partial charge in [-0.2, -0.15) is 0 Å². The molecule has 1 N–H and O–H groups in total. The molecule has 0 unspecified atom stereocenters.